The van der Waals surface area contributed by atoms with E-state index in [2.05, 4.69) is 14.2 Å². The first-order valence-corrected chi connectivity index (χ1v) is 4.31. The first-order valence-electron chi connectivity index (χ1n) is 4.31. The number of ether oxygens (including phenoxy) is 3. The van der Waals surface area contributed by atoms with Crippen LogP contribution in [0.1, 0.15) is 13.3 Å². The van der Waals surface area contributed by atoms with E-state index in [1.165, 1.54) is 0 Å². The maximum Gasteiger partial charge on any atom is 0.509 e. The van der Waals surface area contributed by atoms with E-state index in [1.807, 2.05) is 0 Å². The molecule has 14 heavy (non-hydrogen) atoms. The van der Waals surface area contributed by atoms with Gasteiger partial charge in [0, 0.05) is 0 Å². The summed E-state index contributed by atoms with van der Waals surface area (Å²) in [7, 11) is 0. The molecule has 2 unspecified atom stereocenters. The minimum absolute atomic E-state index is 0.0939. The quantitative estimate of drug-likeness (QED) is 0.640. The highest BCUT2D eigenvalue weighted by molar-refractivity contribution is 5.79. The third-order valence-corrected chi connectivity index (χ3v) is 1.74. The van der Waals surface area contributed by atoms with Crippen LogP contribution in [0.25, 0.3) is 0 Å². The molecular weight excluding hydrogens is 192 g/mol. The van der Waals surface area contributed by atoms with Gasteiger partial charge in [0.15, 0.2) is 0 Å². The second kappa shape index (κ2) is 4.80. The highest BCUT2D eigenvalue weighted by atomic mass is 16.8. The van der Waals surface area contributed by atoms with Gasteiger partial charge in [-0.1, -0.05) is 6.92 Å². The number of rotatable bonds is 4. The molecule has 1 heterocycles. The molecule has 0 radical (unpaired) electrons. The molecule has 0 saturated carbocycles. The lowest BCUT2D eigenvalue weighted by Crippen LogP contribution is -2.28. The van der Waals surface area contributed by atoms with Crippen LogP contribution in [0.15, 0.2) is 0 Å². The second-order valence-corrected chi connectivity index (χ2v) is 2.86. The molecule has 0 spiro atoms. The van der Waals surface area contributed by atoms with Crippen LogP contribution in [0.5, 0.6) is 0 Å². The Kier molecular flexibility index (Phi) is 3.70. The summed E-state index contributed by atoms with van der Waals surface area (Å²) in [5.74, 6) is -0.691. The summed E-state index contributed by atoms with van der Waals surface area (Å²) in [6.07, 6.45) is -2.06. The fraction of sp³-hybridized carbons (Fsp3) is 0.750. The number of aliphatic hydroxyl groups is 1. The van der Waals surface area contributed by atoms with Gasteiger partial charge in [-0.05, 0) is 6.42 Å². The van der Waals surface area contributed by atoms with Gasteiger partial charge < -0.3 is 19.3 Å². The number of cyclic esters (lactones) is 2. The van der Waals surface area contributed by atoms with Crippen molar-refractivity contribution in [1.82, 2.24) is 0 Å². The molecular formula is C8H12O6. The van der Waals surface area contributed by atoms with E-state index in [0.29, 0.717) is 6.42 Å². The maximum atomic E-state index is 11.1. The van der Waals surface area contributed by atoms with Crippen molar-refractivity contribution in [3.8, 4) is 0 Å². The van der Waals surface area contributed by atoms with Crippen LogP contribution in [0.3, 0.4) is 0 Å². The number of carbonyl (C=O) groups excluding carboxylic acids is 2. The van der Waals surface area contributed by atoms with Crippen LogP contribution in [-0.4, -0.2) is 42.7 Å². The molecule has 6 nitrogen and oxygen atoms in total. The predicted octanol–water partition coefficient (Wildman–Crippen LogP) is -0.164. The van der Waals surface area contributed by atoms with Crippen LogP contribution in [0, 0.1) is 0 Å². The molecule has 2 atom stereocenters. The first-order chi connectivity index (χ1) is 6.63. The fourth-order valence-electron chi connectivity index (χ4n) is 0.833. The summed E-state index contributed by atoms with van der Waals surface area (Å²) < 4.78 is 13.5. The van der Waals surface area contributed by atoms with Crippen molar-refractivity contribution in [2.45, 2.75) is 25.6 Å². The number of carbonyl (C=O) groups is 2. The van der Waals surface area contributed by atoms with Crippen LogP contribution >= 0.6 is 0 Å². The van der Waals surface area contributed by atoms with Gasteiger partial charge in [-0.2, -0.15) is 0 Å². The molecule has 0 aliphatic carbocycles. The van der Waals surface area contributed by atoms with Crippen molar-refractivity contribution in [2.75, 3.05) is 13.2 Å². The molecule has 1 aliphatic rings. The Morgan fingerprint density at radius 3 is 3.00 bits per heavy atom. The second-order valence-electron chi connectivity index (χ2n) is 2.86. The molecule has 0 aromatic carbocycles. The number of hydrogen-bond donors (Lipinski definition) is 1. The molecule has 0 aromatic heterocycles. The number of hydrogen-bond acceptors (Lipinski definition) is 6. The van der Waals surface area contributed by atoms with Gasteiger partial charge in [0.25, 0.3) is 0 Å². The van der Waals surface area contributed by atoms with Crippen molar-refractivity contribution in [1.29, 1.82) is 0 Å². The lowest BCUT2D eigenvalue weighted by molar-refractivity contribution is -0.154. The molecule has 80 valence electrons. The van der Waals surface area contributed by atoms with E-state index < -0.39 is 24.3 Å². The average Bonchev–Trinajstić information content (AvgIpc) is 2.60. The smallest absolute Gasteiger partial charge is 0.460 e. The largest absolute Gasteiger partial charge is 0.509 e. The molecule has 0 bridgehead atoms. The minimum atomic E-state index is -0.994. The normalized spacial score (nSPS) is 22.4. The molecule has 1 saturated heterocycles. The summed E-state index contributed by atoms with van der Waals surface area (Å²) in [6.45, 7) is 1.54. The van der Waals surface area contributed by atoms with Crippen molar-refractivity contribution in [3.63, 3.8) is 0 Å². The van der Waals surface area contributed by atoms with E-state index in [1.54, 1.807) is 6.92 Å². The molecule has 0 amide bonds. The van der Waals surface area contributed by atoms with E-state index in [9.17, 15) is 9.59 Å². The van der Waals surface area contributed by atoms with Gasteiger partial charge in [0.2, 0.25) is 6.10 Å². The zero-order valence-corrected chi connectivity index (χ0v) is 7.76. The fourth-order valence-corrected chi connectivity index (χ4v) is 0.833. The summed E-state index contributed by atoms with van der Waals surface area (Å²) in [6, 6.07) is 0. The lowest BCUT2D eigenvalue weighted by atomic mass is 10.3. The topological polar surface area (TPSA) is 82.1 Å². The van der Waals surface area contributed by atoms with Crippen molar-refractivity contribution in [3.05, 3.63) is 0 Å². The Labute approximate surface area is 80.7 Å². The predicted molar refractivity (Wildman–Crippen MR) is 43.5 cm³/mol. The SMILES string of the molecule is CCC(O)COC(=O)C1COC(=O)O1. The van der Waals surface area contributed by atoms with E-state index in [0.717, 1.165) is 0 Å². The summed E-state index contributed by atoms with van der Waals surface area (Å²) in [5.41, 5.74) is 0. The van der Waals surface area contributed by atoms with Gasteiger partial charge in [-0.15, -0.1) is 0 Å². The van der Waals surface area contributed by atoms with Crippen LogP contribution < -0.4 is 0 Å². The zero-order chi connectivity index (χ0) is 10.6. The maximum absolute atomic E-state index is 11.1. The van der Waals surface area contributed by atoms with Gasteiger partial charge in [0.05, 0.1) is 6.10 Å². The molecule has 1 N–H and O–H groups in total. The summed E-state index contributed by atoms with van der Waals surface area (Å²) in [4.78, 5) is 21.6. The molecule has 0 aromatic rings. The third kappa shape index (κ3) is 2.88. The van der Waals surface area contributed by atoms with E-state index >= 15 is 0 Å². The van der Waals surface area contributed by atoms with Crippen molar-refractivity contribution < 1.29 is 28.9 Å². The minimum Gasteiger partial charge on any atom is -0.460 e. The van der Waals surface area contributed by atoms with Crippen LogP contribution in [0.4, 0.5) is 4.79 Å². The Balaban J connectivity index is 2.25. The first kappa shape index (κ1) is 10.8. The van der Waals surface area contributed by atoms with Crippen molar-refractivity contribution in [2.24, 2.45) is 0 Å². The lowest BCUT2D eigenvalue weighted by Gasteiger charge is -2.10. The molecule has 1 rings (SSSR count). The van der Waals surface area contributed by atoms with Gasteiger partial charge in [-0.3, -0.25) is 0 Å². The molecule has 1 fully saturated rings. The van der Waals surface area contributed by atoms with E-state index in [-0.39, 0.29) is 13.2 Å². The van der Waals surface area contributed by atoms with Gasteiger partial charge in [-0.25, -0.2) is 9.59 Å². The average molecular weight is 204 g/mol. The van der Waals surface area contributed by atoms with E-state index in [4.69, 9.17) is 5.11 Å². The van der Waals surface area contributed by atoms with Gasteiger partial charge in [0.1, 0.15) is 13.2 Å². The zero-order valence-electron chi connectivity index (χ0n) is 7.76. The van der Waals surface area contributed by atoms with Crippen LogP contribution in [-0.2, 0) is 19.0 Å². The Hall–Kier alpha value is -1.30. The Bertz CT molecular complexity index is 226. The highest BCUT2D eigenvalue weighted by Gasteiger charge is 2.33. The molecule has 1 aliphatic heterocycles. The van der Waals surface area contributed by atoms with Crippen molar-refractivity contribution >= 4 is 12.1 Å². The standard InChI is InChI=1S/C8H12O6/c1-2-5(9)3-12-7(10)6-4-13-8(11)14-6/h5-6,9H,2-4H2,1H3. The highest BCUT2D eigenvalue weighted by Crippen LogP contribution is 2.08. The summed E-state index contributed by atoms with van der Waals surface area (Å²) >= 11 is 0. The monoisotopic (exact) mass is 204 g/mol. The molecule has 6 heteroatoms. The Morgan fingerprint density at radius 1 is 1.79 bits per heavy atom. The Morgan fingerprint density at radius 2 is 2.50 bits per heavy atom. The third-order valence-electron chi connectivity index (χ3n) is 1.74. The number of aliphatic hydroxyl groups excluding tert-OH is 1. The number of esters is 1. The van der Waals surface area contributed by atoms with Gasteiger partial charge >= 0.3 is 12.1 Å². The van der Waals surface area contributed by atoms with Crippen LogP contribution in [0.2, 0.25) is 0 Å². The summed E-state index contributed by atoms with van der Waals surface area (Å²) in [5, 5.41) is 9.09.